The number of nitriles is 1. The predicted molar refractivity (Wildman–Crippen MR) is 98.5 cm³/mol. The van der Waals surface area contributed by atoms with Gasteiger partial charge in [0.25, 0.3) is 5.91 Å². The first-order valence-electron chi connectivity index (χ1n) is 8.29. The lowest BCUT2D eigenvalue weighted by Crippen LogP contribution is -2.42. The fourth-order valence-electron chi connectivity index (χ4n) is 2.13. The molecule has 0 heterocycles. The molecule has 0 aliphatic carbocycles. The third kappa shape index (κ3) is 5.95. The molecule has 0 unspecified atom stereocenters. The van der Waals surface area contributed by atoms with Gasteiger partial charge in [0.1, 0.15) is 5.75 Å². The van der Waals surface area contributed by atoms with E-state index in [9.17, 15) is 9.59 Å². The van der Waals surface area contributed by atoms with Crippen LogP contribution in [0.15, 0.2) is 48.5 Å². The molecule has 134 valence electrons. The quantitative estimate of drug-likeness (QED) is 0.837. The average molecular weight is 351 g/mol. The maximum atomic E-state index is 11.7. The molecule has 3 amide bonds. The smallest absolute Gasteiger partial charge is 0.321 e. The first-order valence-corrected chi connectivity index (χ1v) is 8.29. The van der Waals surface area contributed by atoms with Crippen LogP contribution in [0.2, 0.25) is 0 Å². The first kappa shape index (κ1) is 19.0. The lowest BCUT2D eigenvalue weighted by molar-refractivity contribution is -0.122. The minimum Gasteiger partial charge on any atom is -0.484 e. The van der Waals surface area contributed by atoms with Gasteiger partial charge in [-0.15, -0.1) is 0 Å². The van der Waals surface area contributed by atoms with Crippen LogP contribution < -0.4 is 15.4 Å². The van der Waals surface area contributed by atoms with Crippen molar-refractivity contribution in [2.75, 3.05) is 13.2 Å². The summed E-state index contributed by atoms with van der Waals surface area (Å²) in [6.45, 7) is 4.18. The highest BCUT2D eigenvalue weighted by Crippen LogP contribution is 2.22. The number of carbonyl (C=O) groups excluding carboxylic acids is 2. The molecule has 6 nitrogen and oxygen atoms in total. The average Bonchev–Trinajstić information content (AvgIpc) is 2.65. The van der Waals surface area contributed by atoms with E-state index < -0.39 is 11.9 Å². The normalized spacial score (nSPS) is 10.1. The Bertz CT molecular complexity index is 791. The molecule has 26 heavy (non-hydrogen) atoms. The molecule has 0 aromatic heterocycles. The van der Waals surface area contributed by atoms with Gasteiger partial charge in [0.2, 0.25) is 0 Å². The molecule has 6 heteroatoms. The number of ether oxygens (including phenoxy) is 1. The van der Waals surface area contributed by atoms with Crippen LogP contribution in [-0.2, 0) is 4.79 Å². The minimum absolute atomic E-state index is 0.245. The highest BCUT2D eigenvalue weighted by molar-refractivity contribution is 5.95. The zero-order valence-corrected chi connectivity index (χ0v) is 14.8. The molecule has 2 rings (SSSR count). The Labute approximate surface area is 152 Å². The Morgan fingerprint density at radius 2 is 1.62 bits per heavy atom. The van der Waals surface area contributed by atoms with E-state index in [4.69, 9.17) is 10.00 Å². The summed E-state index contributed by atoms with van der Waals surface area (Å²) in [5.41, 5.74) is 2.56. The third-order valence-corrected chi connectivity index (χ3v) is 3.50. The van der Waals surface area contributed by atoms with E-state index in [-0.39, 0.29) is 6.61 Å². The van der Waals surface area contributed by atoms with E-state index in [1.807, 2.05) is 38.1 Å². The summed E-state index contributed by atoms with van der Waals surface area (Å²) in [6.07, 6.45) is 0. The summed E-state index contributed by atoms with van der Waals surface area (Å²) < 4.78 is 5.39. The number of urea groups is 1. The number of nitrogens with one attached hydrogen (secondary N) is 2. The molecule has 0 bridgehead atoms. The van der Waals surface area contributed by atoms with Gasteiger partial charge in [0, 0.05) is 6.54 Å². The summed E-state index contributed by atoms with van der Waals surface area (Å²) in [7, 11) is 0. The van der Waals surface area contributed by atoms with E-state index in [0.29, 0.717) is 23.8 Å². The van der Waals surface area contributed by atoms with Crippen molar-refractivity contribution in [3.8, 4) is 22.9 Å². The Morgan fingerprint density at radius 1 is 1.04 bits per heavy atom. The zero-order valence-electron chi connectivity index (χ0n) is 14.8. The van der Waals surface area contributed by atoms with Crippen LogP contribution in [0.3, 0.4) is 0 Å². The molecule has 0 aliphatic rings. The van der Waals surface area contributed by atoms with Crippen molar-refractivity contribution >= 4 is 11.9 Å². The summed E-state index contributed by atoms with van der Waals surface area (Å²) in [6, 6.07) is 16.0. The van der Waals surface area contributed by atoms with E-state index in [0.717, 1.165) is 11.1 Å². The molecule has 0 fully saturated rings. The Hall–Kier alpha value is -3.33. The molecule has 2 N–H and O–H groups in total. The van der Waals surface area contributed by atoms with Crippen molar-refractivity contribution in [2.24, 2.45) is 5.92 Å². The maximum absolute atomic E-state index is 11.7. The van der Waals surface area contributed by atoms with Crippen molar-refractivity contribution in [1.82, 2.24) is 10.6 Å². The summed E-state index contributed by atoms with van der Waals surface area (Å²) in [5.74, 6) is 0.323. The minimum atomic E-state index is -0.525. The Morgan fingerprint density at radius 3 is 2.15 bits per heavy atom. The Balaban J connectivity index is 1.84. The van der Waals surface area contributed by atoms with Gasteiger partial charge in [-0.3, -0.25) is 10.1 Å². The van der Waals surface area contributed by atoms with Crippen LogP contribution in [0, 0.1) is 17.2 Å². The van der Waals surface area contributed by atoms with Gasteiger partial charge in [-0.2, -0.15) is 5.26 Å². The second kappa shape index (κ2) is 9.23. The Kier molecular flexibility index (Phi) is 6.75. The molecule has 0 atom stereocenters. The lowest BCUT2D eigenvalue weighted by Gasteiger charge is -2.10. The summed E-state index contributed by atoms with van der Waals surface area (Å²) >= 11 is 0. The van der Waals surface area contributed by atoms with Crippen LogP contribution in [0.5, 0.6) is 5.75 Å². The number of nitrogens with zero attached hydrogens (tertiary/aromatic N) is 1. The molecule has 2 aromatic carbocycles. The lowest BCUT2D eigenvalue weighted by atomic mass is 10.0. The fourth-order valence-corrected chi connectivity index (χ4v) is 2.13. The number of carbonyl (C=O) groups is 2. The van der Waals surface area contributed by atoms with E-state index in [2.05, 4.69) is 16.7 Å². The van der Waals surface area contributed by atoms with Crippen LogP contribution >= 0.6 is 0 Å². The highest BCUT2D eigenvalue weighted by Gasteiger charge is 2.08. The van der Waals surface area contributed by atoms with Crippen molar-refractivity contribution in [1.29, 1.82) is 5.26 Å². The van der Waals surface area contributed by atoms with Crippen molar-refractivity contribution in [3.63, 3.8) is 0 Å². The summed E-state index contributed by atoms with van der Waals surface area (Å²) in [4.78, 5) is 23.2. The third-order valence-electron chi connectivity index (χ3n) is 3.50. The molecule has 0 radical (unpaired) electrons. The number of imide groups is 1. The molecule has 0 aliphatic heterocycles. The molecule has 0 spiro atoms. The van der Waals surface area contributed by atoms with Crippen molar-refractivity contribution in [2.45, 2.75) is 13.8 Å². The number of benzene rings is 2. The highest BCUT2D eigenvalue weighted by atomic mass is 16.5. The van der Waals surface area contributed by atoms with Crippen LogP contribution in [0.1, 0.15) is 19.4 Å². The standard InChI is InChI=1S/C20H21N3O3/c1-14(2)12-22-20(25)23-19(24)13-26-18-9-7-17(8-10-18)16-5-3-15(11-21)4-6-16/h3-10,14H,12-13H2,1-2H3,(H2,22,23,24,25). The monoisotopic (exact) mass is 351 g/mol. The van der Waals surface area contributed by atoms with Crippen LogP contribution in [0.25, 0.3) is 11.1 Å². The largest absolute Gasteiger partial charge is 0.484 e. The van der Waals surface area contributed by atoms with E-state index in [1.165, 1.54) is 0 Å². The first-order chi connectivity index (χ1) is 12.5. The molecule has 0 saturated heterocycles. The van der Waals surface area contributed by atoms with Crippen LogP contribution in [0.4, 0.5) is 4.79 Å². The van der Waals surface area contributed by atoms with Gasteiger partial charge >= 0.3 is 6.03 Å². The summed E-state index contributed by atoms with van der Waals surface area (Å²) in [5, 5.41) is 13.6. The van der Waals surface area contributed by atoms with Gasteiger partial charge in [-0.1, -0.05) is 38.1 Å². The molecular formula is C20H21N3O3. The van der Waals surface area contributed by atoms with Gasteiger partial charge < -0.3 is 10.1 Å². The van der Waals surface area contributed by atoms with Crippen LogP contribution in [-0.4, -0.2) is 25.1 Å². The van der Waals surface area contributed by atoms with Crippen molar-refractivity contribution < 1.29 is 14.3 Å². The topological polar surface area (TPSA) is 91.2 Å². The van der Waals surface area contributed by atoms with Gasteiger partial charge in [-0.05, 0) is 41.3 Å². The fraction of sp³-hybridized carbons (Fsp3) is 0.250. The number of rotatable bonds is 6. The second-order valence-electron chi connectivity index (χ2n) is 6.15. The molecular weight excluding hydrogens is 330 g/mol. The van der Waals surface area contributed by atoms with Gasteiger partial charge in [0.05, 0.1) is 11.6 Å². The SMILES string of the molecule is CC(C)CNC(=O)NC(=O)COc1ccc(-c2ccc(C#N)cc2)cc1. The predicted octanol–water partition coefficient (Wildman–Crippen LogP) is 3.09. The number of amides is 3. The van der Waals surface area contributed by atoms with E-state index >= 15 is 0 Å². The maximum Gasteiger partial charge on any atom is 0.321 e. The van der Waals surface area contributed by atoms with Gasteiger partial charge in [-0.25, -0.2) is 4.79 Å². The number of hydrogen-bond donors (Lipinski definition) is 2. The molecule has 2 aromatic rings. The molecule has 0 saturated carbocycles. The number of hydrogen-bond acceptors (Lipinski definition) is 4. The second-order valence-corrected chi connectivity index (χ2v) is 6.15. The van der Waals surface area contributed by atoms with Gasteiger partial charge in [0.15, 0.2) is 6.61 Å². The zero-order chi connectivity index (χ0) is 18.9. The van der Waals surface area contributed by atoms with E-state index in [1.54, 1.807) is 24.3 Å². The van der Waals surface area contributed by atoms with Crippen molar-refractivity contribution in [3.05, 3.63) is 54.1 Å².